The Morgan fingerprint density at radius 2 is 1.83 bits per heavy atom. The molecule has 1 aromatic carbocycles. The van der Waals surface area contributed by atoms with Crippen LogP contribution in [-0.2, 0) is 18.3 Å². The Morgan fingerprint density at radius 1 is 1.00 bits per heavy atom. The predicted octanol–water partition coefficient (Wildman–Crippen LogP) is 2.87. The lowest BCUT2D eigenvalue weighted by Gasteiger charge is -2.11. The molecule has 0 saturated heterocycles. The Balaban J connectivity index is 1.85. The first kappa shape index (κ1) is 14.7. The van der Waals surface area contributed by atoms with E-state index >= 15 is 0 Å². The molecule has 24 heavy (non-hydrogen) atoms. The van der Waals surface area contributed by atoms with E-state index in [1.807, 2.05) is 18.6 Å². The van der Waals surface area contributed by atoms with E-state index in [-0.39, 0.29) is 0 Å². The minimum absolute atomic E-state index is 0.637. The van der Waals surface area contributed by atoms with Crippen molar-refractivity contribution in [1.82, 2.24) is 23.7 Å². The maximum atomic E-state index is 5.18. The number of benzene rings is 1. The first-order chi connectivity index (χ1) is 11.8. The molecule has 6 nitrogen and oxygen atoms in total. The highest BCUT2D eigenvalue weighted by Crippen LogP contribution is 2.27. The van der Waals surface area contributed by atoms with Crippen LogP contribution in [-0.4, -0.2) is 37.4 Å². The zero-order valence-corrected chi connectivity index (χ0v) is 13.8. The second-order valence-electron chi connectivity index (χ2n) is 5.69. The van der Waals surface area contributed by atoms with Crippen LogP contribution in [0.25, 0.3) is 28.2 Å². The van der Waals surface area contributed by atoms with E-state index in [1.54, 1.807) is 13.3 Å². The van der Waals surface area contributed by atoms with Gasteiger partial charge in [0.15, 0.2) is 11.6 Å². The minimum Gasteiger partial charge on any atom is -0.383 e. The lowest BCUT2D eigenvalue weighted by atomic mass is 10.2. The van der Waals surface area contributed by atoms with Crippen molar-refractivity contribution in [2.75, 3.05) is 13.7 Å². The van der Waals surface area contributed by atoms with E-state index in [0.29, 0.717) is 6.61 Å². The summed E-state index contributed by atoms with van der Waals surface area (Å²) in [5.74, 6) is 1.66. The van der Waals surface area contributed by atoms with Crippen molar-refractivity contribution in [3.8, 4) is 17.3 Å². The van der Waals surface area contributed by atoms with E-state index in [4.69, 9.17) is 4.74 Å². The predicted molar refractivity (Wildman–Crippen MR) is 93.1 cm³/mol. The molecule has 6 heteroatoms. The standard InChI is InChI=1S/C18H19N5O/c1-21-9-6-14-15(21)4-3-5-16(14)23-11-8-20-18(23)17-19-7-10-22(17)12-13-24-2/h3-11H,12-13H2,1-2H3. The molecule has 122 valence electrons. The normalized spacial score (nSPS) is 11.4. The lowest BCUT2D eigenvalue weighted by Crippen LogP contribution is -2.08. The van der Waals surface area contributed by atoms with E-state index in [2.05, 4.69) is 61.2 Å². The van der Waals surface area contributed by atoms with Gasteiger partial charge in [0.05, 0.1) is 12.3 Å². The van der Waals surface area contributed by atoms with E-state index in [9.17, 15) is 0 Å². The summed E-state index contributed by atoms with van der Waals surface area (Å²) in [4.78, 5) is 9.05. The summed E-state index contributed by atoms with van der Waals surface area (Å²) < 4.78 is 11.5. The van der Waals surface area contributed by atoms with Gasteiger partial charge in [-0.25, -0.2) is 9.97 Å². The van der Waals surface area contributed by atoms with Crippen LogP contribution < -0.4 is 0 Å². The van der Waals surface area contributed by atoms with Gasteiger partial charge in [-0.15, -0.1) is 0 Å². The third kappa shape index (κ3) is 2.32. The second-order valence-corrected chi connectivity index (χ2v) is 5.69. The highest BCUT2D eigenvalue weighted by Gasteiger charge is 2.15. The van der Waals surface area contributed by atoms with Crippen molar-refractivity contribution >= 4 is 10.9 Å². The van der Waals surface area contributed by atoms with Crippen LogP contribution in [0.3, 0.4) is 0 Å². The van der Waals surface area contributed by atoms with Crippen molar-refractivity contribution in [1.29, 1.82) is 0 Å². The average Bonchev–Trinajstić information content (AvgIpc) is 3.32. The van der Waals surface area contributed by atoms with Gasteiger partial charge in [0.2, 0.25) is 0 Å². The molecule has 0 N–H and O–H groups in total. The molecule has 4 aromatic rings. The van der Waals surface area contributed by atoms with Crippen LogP contribution in [0.15, 0.2) is 55.2 Å². The average molecular weight is 321 g/mol. The van der Waals surface area contributed by atoms with E-state index in [1.165, 1.54) is 10.9 Å². The molecular formula is C18H19N5O. The van der Waals surface area contributed by atoms with Gasteiger partial charge in [-0.3, -0.25) is 4.57 Å². The Morgan fingerprint density at radius 3 is 2.71 bits per heavy atom. The summed E-state index contributed by atoms with van der Waals surface area (Å²) in [6.45, 7) is 1.38. The van der Waals surface area contributed by atoms with Crippen LogP contribution in [0.5, 0.6) is 0 Å². The molecule has 0 spiro atoms. The van der Waals surface area contributed by atoms with E-state index in [0.717, 1.165) is 23.9 Å². The number of nitrogens with zero attached hydrogens (tertiary/aromatic N) is 5. The van der Waals surface area contributed by atoms with Gasteiger partial charge in [-0.2, -0.15) is 0 Å². The quantitative estimate of drug-likeness (QED) is 0.568. The summed E-state index contributed by atoms with van der Waals surface area (Å²) in [6, 6.07) is 8.43. The fraction of sp³-hybridized carbons (Fsp3) is 0.222. The summed E-state index contributed by atoms with van der Waals surface area (Å²) in [6.07, 6.45) is 9.62. The van der Waals surface area contributed by atoms with Crippen molar-refractivity contribution in [2.45, 2.75) is 6.54 Å². The van der Waals surface area contributed by atoms with Gasteiger partial charge in [0.1, 0.15) is 0 Å². The molecule has 0 fully saturated rings. The molecule has 0 aliphatic rings. The summed E-state index contributed by atoms with van der Waals surface area (Å²) in [5, 5.41) is 1.19. The zero-order chi connectivity index (χ0) is 16.5. The van der Waals surface area contributed by atoms with Gasteiger partial charge in [0.25, 0.3) is 0 Å². The Kier molecular flexibility index (Phi) is 3.66. The molecule has 3 heterocycles. The molecule has 4 rings (SSSR count). The minimum atomic E-state index is 0.637. The molecule has 0 atom stereocenters. The molecule has 3 aromatic heterocycles. The van der Waals surface area contributed by atoms with Gasteiger partial charge >= 0.3 is 0 Å². The zero-order valence-electron chi connectivity index (χ0n) is 13.8. The van der Waals surface area contributed by atoms with Crippen LogP contribution in [0.1, 0.15) is 0 Å². The fourth-order valence-corrected chi connectivity index (χ4v) is 3.04. The number of imidazole rings is 2. The first-order valence-corrected chi connectivity index (χ1v) is 7.88. The number of hydrogen-bond acceptors (Lipinski definition) is 3. The van der Waals surface area contributed by atoms with Crippen molar-refractivity contribution < 1.29 is 4.74 Å². The summed E-state index contributed by atoms with van der Waals surface area (Å²) >= 11 is 0. The molecule has 0 aliphatic carbocycles. The largest absolute Gasteiger partial charge is 0.383 e. The third-order valence-electron chi connectivity index (χ3n) is 4.26. The molecule has 0 aliphatic heterocycles. The number of aryl methyl sites for hydroxylation is 1. The van der Waals surface area contributed by atoms with Crippen LogP contribution in [0, 0.1) is 0 Å². The van der Waals surface area contributed by atoms with Crippen molar-refractivity contribution in [2.24, 2.45) is 7.05 Å². The summed E-state index contributed by atoms with van der Waals surface area (Å²) in [7, 11) is 3.76. The first-order valence-electron chi connectivity index (χ1n) is 7.88. The number of methoxy groups -OCH3 is 1. The number of fused-ring (bicyclic) bond motifs is 1. The molecule has 0 amide bonds. The van der Waals surface area contributed by atoms with E-state index < -0.39 is 0 Å². The van der Waals surface area contributed by atoms with Crippen molar-refractivity contribution in [3.05, 3.63) is 55.2 Å². The van der Waals surface area contributed by atoms with Gasteiger partial charge < -0.3 is 13.9 Å². The van der Waals surface area contributed by atoms with Crippen LogP contribution in [0.4, 0.5) is 0 Å². The Bertz CT molecular complexity index is 978. The molecule has 0 saturated carbocycles. The molecule has 0 unspecified atom stereocenters. The van der Waals surface area contributed by atoms with Crippen LogP contribution in [0.2, 0.25) is 0 Å². The third-order valence-corrected chi connectivity index (χ3v) is 4.26. The Hall–Kier alpha value is -2.86. The van der Waals surface area contributed by atoms with Gasteiger partial charge in [-0.05, 0) is 18.2 Å². The van der Waals surface area contributed by atoms with Crippen molar-refractivity contribution in [3.63, 3.8) is 0 Å². The molecule has 0 bridgehead atoms. The SMILES string of the molecule is COCCn1ccnc1-c1nccn1-c1cccc2c1ccn2C. The highest BCUT2D eigenvalue weighted by atomic mass is 16.5. The molecule has 0 radical (unpaired) electrons. The lowest BCUT2D eigenvalue weighted by molar-refractivity contribution is 0.187. The monoisotopic (exact) mass is 321 g/mol. The maximum absolute atomic E-state index is 5.18. The molecular weight excluding hydrogens is 302 g/mol. The van der Waals surface area contributed by atoms with Crippen LogP contribution >= 0.6 is 0 Å². The fourth-order valence-electron chi connectivity index (χ4n) is 3.04. The Labute approximate surface area is 139 Å². The second kappa shape index (κ2) is 5.98. The number of ether oxygens (including phenoxy) is 1. The maximum Gasteiger partial charge on any atom is 0.181 e. The number of rotatable bonds is 5. The summed E-state index contributed by atoms with van der Waals surface area (Å²) in [5.41, 5.74) is 2.29. The topological polar surface area (TPSA) is 49.8 Å². The van der Waals surface area contributed by atoms with Gasteiger partial charge in [0, 0.05) is 62.6 Å². The van der Waals surface area contributed by atoms with Gasteiger partial charge in [-0.1, -0.05) is 6.07 Å². The highest BCUT2D eigenvalue weighted by molar-refractivity contribution is 5.89. The smallest absolute Gasteiger partial charge is 0.181 e. The number of hydrogen-bond donors (Lipinski definition) is 0. The number of aromatic nitrogens is 5.